The molecule has 0 N–H and O–H groups in total. The molecule has 4 nitrogen and oxygen atoms in total. The molecular formula is C18H23N3O. The van der Waals surface area contributed by atoms with Crippen molar-refractivity contribution < 1.29 is 4.79 Å². The molecule has 0 bridgehead atoms. The van der Waals surface area contributed by atoms with Crippen molar-refractivity contribution in [2.75, 3.05) is 7.05 Å². The van der Waals surface area contributed by atoms with Crippen LogP contribution in [0.25, 0.3) is 5.69 Å². The first-order valence-corrected chi connectivity index (χ1v) is 8.04. The Balaban J connectivity index is 1.76. The van der Waals surface area contributed by atoms with Crippen molar-refractivity contribution in [1.29, 1.82) is 0 Å². The van der Waals surface area contributed by atoms with E-state index in [9.17, 15) is 4.79 Å². The lowest BCUT2D eigenvalue weighted by molar-refractivity contribution is 0.0629. The highest BCUT2D eigenvalue weighted by atomic mass is 16.2. The minimum atomic E-state index is 0.0703. The summed E-state index contributed by atoms with van der Waals surface area (Å²) in [6, 6.07) is 10.2. The van der Waals surface area contributed by atoms with Crippen LogP contribution < -0.4 is 0 Å². The second-order valence-electron chi connectivity index (χ2n) is 6.25. The van der Waals surface area contributed by atoms with Gasteiger partial charge in [0.15, 0.2) is 0 Å². The molecule has 1 aromatic heterocycles. The topological polar surface area (TPSA) is 38.1 Å². The molecule has 0 radical (unpaired) electrons. The number of aromatic nitrogens is 2. The Morgan fingerprint density at radius 1 is 1.23 bits per heavy atom. The number of carbonyl (C=O) groups is 1. The SMILES string of the molecule is CC1CCCCC1N(C)C(=O)c1cnn(-c2ccccc2)c1. The molecule has 2 aromatic rings. The lowest BCUT2D eigenvalue weighted by atomic mass is 9.85. The summed E-state index contributed by atoms with van der Waals surface area (Å²) in [5, 5.41) is 4.32. The van der Waals surface area contributed by atoms with Gasteiger partial charge in [-0.05, 0) is 30.9 Å². The van der Waals surface area contributed by atoms with E-state index in [0.29, 0.717) is 17.5 Å². The van der Waals surface area contributed by atoms with Gasteiger partial charge in [0.2, 0.25) is 0 Å². The van der Waals surface area contributed by atoms with E-state index in [1.165, 1.54) is 19.3 Å². The quantitative estimate of drug-likeness (QED) is 0.869. The van der Waals surface area contributed by atoms with Gasteiger partial charge in [0.25, 0.3) is 5.91 Å². The second-order valence-corrected chi connectivity index (χ2v) is 6.25. The van der Waals surface area contributed by atoms with Crippen LogP contribution in [-0.4, -0.2) is 33.7 Å². The Hall–Kier alpha value is -2.10. The Morgan fingerprint density at radius 2 is 1.95 bits per heavy atom. The summed E-state index contributed by atoms with van der Waals surface area (Å²) in [6.07, 6.45) is 8.31. The van der Waals surface area contributed by atoms with Crippen molar-refractivity contribution in [1.82, 2.24) is 14.7 Å². The van der Waals surface area contributed by atoms with Gasteiger partial charge in [-0.25, -0.2) is 4.68 Å². The molecule has 22 heavy (non-hydrogen) atoms. The predicted octanol–water partition coefficient (Wildman–Crippen LogP) is 3.52. The van der Waals surface area contributed by atoms with Gasteiger partial charge >= 0.3 is 0 Å². The van der Waals surface area contributed by atoms with Crippen LogP contribution in [0.15, 0.2) is 42.7 Å². The number of para-hydroxylation sites is 1. The maximum atomic E-state index is 12.7. The van der Waals surface area contributed by atoms with E-state index in [2.05, 4.69) is 12.0 Å². The van der Waals surface area contributed by atoms with Gasteiger partial charge in [-0.2, -0.15) is 5.10 Å². The van der Waals surface area contributed by atoms with E-state index in [1.54, 1.807) is 10.9 Å². The Labute approximate surface area is 131 Å². The van der Waals surface area contributed by atoms with Crippen molar-refractivity contribution in [3.8, 4) is 5.69 Å². The average Bonchev–Trinajstić information content (AvgIpc) is 3.05. The van der Waals surface area contributed by atoms with Gasteiger partial charge in [-0.3, -0.25) is 4.79 Å². The molecule has 0 saturated heterocycles. The van der Waals surface area contributed by atoms with Crippen LogP contribution in [0.4, 0.5) is 0 Å². The van der Waals surface area contributed by atoms with Crippen molar-refractivity contribution in [3.63, 3.8) is 0 Å². The molecule has 0 spiro atoms. The lowest BCUT2D eigenvalue weighted by Crippen LogP contribution is -2.42. The third-order valence-corrected chi connectivity index (χ3v) is 4.73. The van der Waals surface area contributed by atoms with Crippen LogP contribution in [0.2, 0.25) is 0 Å². The second kappa shape index (κ2) is 6.34. The average molecular weight is 297 g/mol. The van der Waals surface area contributed by atoms with Crippen LogP contribution in [-0.2, 0) is 0 Å². The molecule has 1 amide bonds. The van der Waals surface area contributed by atoms with Crippen LogP contribution in [0, 0.1) is 5.92 Å². The molecule has 1 saturated carbocycles. The van der Waals surface area contributed by atoms with Crippen LogP contribution >= 0.6 is 0 Å². The largest absolute Gasteiger partial charge is 0.338 e. The normalized spacial score (nSPS) is 21.5. The molecule has 1 aromatic carbocycles. The number of hydrogen-bond donors (Lipinski definition) is 0. The molecule has 116 valence electrons. The van der Waals surface area contributed by atoms with Crippen molar-refractivity contribution in [2.24, 2.45) is 5.92 Å². The monoisotopic (exact) mass is 297 g/mol. The van der Waals surface area contributed by atoms with Crippen LogP contribution in [0.3, 0.4) is 0 Å². The van der Waals surface area contributed by atoms with Gasteiger partial charge in [-0.1, -0.05) is 38.0 Å². The molecule has 1 heterocycles. The molecule has 2 unspecified atom stereocenters. The van der Waals surface area contributed by atoms with Crippen molar-refractivity contribution >= 4 is 5.91 Å². The minimum Gasteiger partial charge on any atom is -0.338 e. The van der Waals surface area contributed by atoms with Crippen molar-refractivity contribution in [2.45, 2.75) is 38.6 Å². The third-order valence-electron chi connectivity index (χ3n) is 4.73. The zero-order valence-corrected chi connectivity index (χ0v) is 13.3. The van der Waals surface area contributed by atoms with Crippen LogP contribution in [0.1, 0.15) is 43.0 Å². The van der Waals surface area contributed by atoms with E-state index in [4.69, 9.17) is 0 Å². The summed E-state index contributed by atoms with van der Waals surface area (Å²) in [4.78, 5) is 14.6. The Kier molecular flexibility index (Phi) is 4.27. The summed E-state index contributed by atoms with van der Waals surface area (Å²) >= 11 is 0. The standard InChI is InChI=1S/C18H23N3O/c1-14-8-6-7-11-17(14)20(2)18(22)15-12-19-21(13-15)16-9-4-3-5-10-16/h3-5,9-10,12-14,17H,6-8,11H2,1-2H3. The molecule has 4 heteroatoms. The zero-order valence-electron chi connectivity index (χ0n) is 13.3. The van der Waals surface area contributed by atoms with E-state index in [-0.39, 0.29) is 5.91 Å². The smallest absolute Gasteiger partial charge is 0.257 e. The molecule has 1 aliphatic carbocycles. The third kappa shape index (κ3) is 2.91. The highest BCUT2D eigenvalue weighted by Crippen LogP contribution is 2.28. The summed E-state index contributed by atoms with van der Waals surface area (Å²) in [6.45, 7) is 2.25. The molecular weight excluding hydrogens is 274 g/mol. The summed E-state index contributed by atoms with van der Waals surface area (Å²) in [7, 11) is 1.93. The molecule has 2 atom stereocenters. The van der Waals surface area contributed by atoms with Gasteiger partial charge in [0, 0.05) is 19.3 Å². The number of rotatable bonds is 3. The fourth-order valence-electron chi connectivity index (χ4n) is 3.38. The van der Waals surface area contributed by atoms with Gasteiger partial charge in [0.05, 0.1) is 17.4 Å². The molecule has 1 fully saturated rings. The van der Waals surface area contributed by atoms with Gasteiger partial charge < -0.3 is 4.90 Å². The van der Waals surface area contributed by atoms with E-state index in [0.717, 1.165) is 12.1 Å². The Bertz CT molecular complexity index is 635. The first-order chi connectivity index (χ1) is 10.7. The number of benzene rings is 1. The fraction of sp³-hybridized carbons (Fsp3) is 0.444. The Morgan fingerprint density at radius 3 is 2.68 bits per heavy atom. The van der Waals surface area contributed by atoms with Crippen molar-refractivity contribution in [3.05, 3.63) is 48.3 Å². The molecule has 3 rings (SSSR count). The zero-order chi connectivity index (χ0) is 15.5. The van der Waals surface area contributed by atoms with Gasteiger partial charge in [-0.15, -0.1) is 0 Å². The first-order valence-electron chi connectivity index (χ1n) is 8.04. The maximum absolute atomic E-state index is 12.7. The summed E-state index contributed by atoms with van der Waals surface area (Å²) in [5.74, 6) is 0.646. The lowest BCUT2D eigenvalue weighted by Gasteiger charge is -2.36. The van der Waals surface area contributed by atoms with Gasteiger partial charge in [0.1, 0.15) is 0 Å². The van der Waals surface area contributed by atoms with E-state index < -0.39 is 0 Å². The molecule has 1 aliphatic rings. The molecule has 0 aliphatic heterocycles. The van der Waals surface area contributed by atoms with Crippen LogP contribution in [0.5, 0.6) is 0 Å². The number of carbonyl (C=O) groups excluding carboxylic acids is 1. The van der Waals surface area contributed by atoms with E-state index in [1.807, 2.05) is 48.5 Å². The maximum Gasteiger partial charge on any atom is 0.257 e. The highest BCUT2D eigenvalue weighted by Gasteiger charge is 2.28. The number of amides is 1. The fourth-order valence-corrected chi connectivity index (χ4v) is 3.38. The number of nitrogens with zero attached hydrogens (tertiary/aromatic N) is 3. The summed E-state index contributed by atoms with van der Waals surface area (Å²) < 4.78 is 1.76. The first kappa shape index (κ1) is 14.8. The van der Waals surface area contributed by atoms with E-state index >= 15 is 0 Å². The highest BCUT2D eigenvalue weighted by molar-refractivity contribution is 5.93. The summed E-state index contributed by atoms with van der Waals surface area (Å²) in [5.41, 5.74) is 1.62. The number of hydrogen-bond acceptors (Lipinski definition) is 2. The predicted molar refractivity (Wildman–Crippen MR) is 87.1 cm³/mol. The minimum absolute atomic E-state index is 0.0703.